The SMILES string of the molecule is CNC1CCOCC1N1CCN(CC2CC2)CC1. The summed E-state index contributed by atoms with van der Waals surface area (Å²) in [6, 6.07) is 1.21. The van der Waals surface area contributed by atoms with Gasteiger partial charge in [-0.2, -0.15) is 0 Å². The minimum Gasteiger partial charge on any atom is -0.380 e. The van der Waals surface area contributed by atoms with Gasteiger partial charge in [0.1, 0.15) is 0 Å². The molecule has 0 radical (unpaired) electrons. The summed E-state index contributed by atoms with van der Waals surface area (Å²) in [4.78, 5) is 5.30. The van der Waals surface area contributed by atoms with Crippen LogP contribution in [-0.4, -0.2) is 74.9 Å². The molecule has 1 aliphatic carbocycles. The second-order valence-corrected chi connectivity index (χ2v) is 6.11. The van der Waals surface area contributed by atoms with Crippen LogP contribution in [0.2, 0.25) is 0 Å². The summed E-state index contributed by atoms with van der Waals surface area (Å²) in [6.07, 6.45) is 4.10. The molecule has 18 heavy (non-hydrogen) atoms. The first kappa shape index (κ1) is 12.9. The van der Waals surface area contributed by atoms with Gasteiger partial charge >= 0.3 is 0 Å². The third-order valence-electron chi connectivity index (χ3n) is 4.79. The van der Waals surface area contributed by atoms with Crippen molar-refractivity contribution in [1.82, 2.24) is 15.1 Å². The van der Waals surface area contributed by atoms with E-state index in [2.05, 4.69) is 22.2 Å². The van der Waals surface area contributed by atoms with Gasteiger partial charge in [-0.3, -0.25) is 4.90 Å². The molecule has 0 amide bonds. The molecule has 0 aromatic heterocycles. The first-order chi connectivity index (χ1) is 8.86. The van der Waals surface area contributed by atoms with E-state index in [4.69, 9.17) is 4.74 Å². The lowest BCUT2D eigenvalue weighted by Crippen LogP contribution is -2.59. The summed E-state index contributed by atoms with van der Waals surface area (Å²) in [6.45, 7) is 8.13. The van der Waals surface area contributed by atoms with Gasteiger partial charge in [0.15, 0.2) is 0 Å². The average molecular weight is 253 g/mol. The minimum atomic E-state index is 0.590. The van der Waals surface area contributed by atoms with Gasteiger partial charge in [-0.1, -0.05) is 0 Å². The summed E-state index contributed by atoms with van der Waals surface area (Å²) in [5.74, 6) is 1.03. The van der Waals surface area contributed by atoms with Gasteiger partial charge in [-0.05, 0) is 32.2 Å². The van der Waals surface area contributed by atoms with E-state index in [1.165, 1.54) is 45.6 Å². The van der Waals surface area contributed by atoms with Gasteiger partial charge in [0.2, 0.25) is 0 Å². The van der Waals surface area contributed by atoms with Crippen LogP contribution >= 0.6 is 0 Å². The predicted molar refractivity (Wildman–Crippen MR) is 72.8 cm³/mol. The first-order valence-electron chi connectivity index (χ1n) is 7.58. The molecule has 1 N–H and O–H groups in total. The lowest BCUT2D eigenvalue weighted by atomic mass is 10.0. The molecule has 0 aromatic rings. The number of ether oxygens (including phenoxy) is 1. The lowest BCUT2D eigenvalue weighted by Gasteiger charge is -2.44. The Labute approximate surface area is 111 Å². The molecule has 0 aromatic carbocycles. The maximum atomic E-state index is 5.67. The van der Waals surface area contributed by atoms with Crippen LogP contribution in [0.25, 0.3) is 0 Å². The molecule has 2 aliphatic heterocycles. The number of hydrogen-bond acceptors (Lipinski definition) is 4. The zero-order chi connectivity index (χ0) is 12.4. The Morgan fingerprint density at radius 3 is 2.56 bits per heavy atom. The fraction of sp³-hybridized carbons (Fsp3) is 1.00. The van der Waals surface area contributed by atoms with Gasteiger partial charge in [0.25, 0.3) is 0 Å². The van der Waals surface area contributed by atoms with E-state index in [9.17, 15) is 0 Å². The van der Waals surface area contributed by atoms with Gasteiger partial charge in [-0.15, -0.1) is 0 Å². The Bertz CT molecular complexity index is 262. The van der Waals surface area contributed by atoms with Crippen molar-refractivity contribution in [3.05, 3.63) is 0 Å². The second-order valence-electron chi connectivity index (χ2n) is 6.11. The smallest absolute Gasteiger partial charge is 0.0637 e. The molecule has 3 fully saturated rings. The molecular weight excluding hydrogens is 226 g/mol. The number of piperazine rings is 1. The number of nitrogens with zero attached hydrogens (tertiary/aromatic N) is 2. The van der Waals surface area contributed by atoms with Crippen molar-refractivity contribution in [2.75, 3.05) is 53.0 Å². The van der Waals surface area contributed by atoms with Gasteiger partial charge < -0.3 is 15.0 Å². The monoisotopic (exact) mass is 253 g/mol. The van der Waals surface area contributed by atoms with Gasteiger partial charge in [0, 0.05) is 51.4 Å². The zero-order valence-electron chi connectivity index (χ0n) is 11.6. The first-order valence-corrected chi connectivity index (χ1v) is 7.58. The molecule has 3 aliphatic rings. The van der Waals surface area contributed by atoms with Crippen molar-refractivity contribution in [2.24, 2.45) is 5.92 Å². The van der Waals surface area contributed by atoms with Crippen molar-refractivity contribution < 1.29 is 4.74 Å². The van der Waals surface area contributed by atoms with Crippen molar-refractivity contribution in [3.63, 3.8) is 0 Å². The Morgan fingerprint density at radius 2 is 1.89 bits per heavy atom. The number of likely N-dealkylation sites (N-methyl/N-ethyl adjacent to an activating group) is 1. The molecular formula is C14H27N3O. The largest absolute Gasteiger partial charge is 0.380 e. The Morgan fingerprint density at radius 1 is 1.11 bits per heavy atom. The third kappa shape index (κ3) is 3.05. The highest BCUT2D eigenvalue weighted by molar-refractivity contribution is 4.89. The number of hydrogen-bond donors (Lipinski definition) is 1. The molecule has 0 spiro atoms. The van der Waals surface area contributed by atoms with Gasteiger partial charge in [-0.25, -0.2) is 0 Å². The molecule has 2 heterocycles. The van der Waals surface area contributed by atoms with E-state index in [0.29, 0.717) is 12.1 Å². The Kier molecular flexibility index (Phi) is 4.19. The molecule has 3 rings (SSSR count). The normalized spacial score (nSPS) is 35.8. The second kappa shape index (κ2) is 5.87. The van der Waals surface area contributed by atoms with Crippen LogP contribution in [0, 0.1) is 5.92 Å². The minimum absolute atomic E-state index is 0.590. The Balaban J connectivity index is 1.48. The molecule has 104 valence electrons. The molecule has 2 unspecified atom stereocenters. The molecule has 4 nitrogen and oxygen atoms in total. The van der Waals surface area contributed by atoms with Crippen LogP contribution < -0.4 is 5.32 Å². The molecule has 0 bridgehead atoms. The van der Waals surface area contributed by atoms with Crippen LogP contribution in [0.1, 0.15) is 19.3 Å². The van der Waals surface area contributed by atoms with E-state index in [1.807, 2.05) is 0 Å². The summed E-state index contributed by atoms with van der Waals surface area (Å²) >= 11 is 0. The summed E-state index contributed by atoms with van der Waals surface area (Å²) in [5.41, 5.74) is 0. The summed E-state index contributed by atoms with van der Waals surface area (Å²) in [5, 5.41) is 3.47. The van der Waals surface area contributed by atoms with Crippen LogP contribution in [0.5, 0.6) is 0 Å². The third-order valence-corrected chi connectivity index (χ3v) is 4.79. The number of rotatable bonds is 4. The molecule has 4 heteroatoms. The quantitative estimate of drug-likeness (QED) is 0.784. The van der Waals surface area contributed by atoms with Gasteiger partial charge in [0.05, 0.1) is 6.61 Å². The van der Waals surface area contributed by atoms with Crippen LogP contribution in [0.4, 0.5) is 0 Å². The van der Waals surface area contributed by atoms with E-state index in [0.717, 1.165) is 25.6 Å². The predicted octanol–water partition coefficient (Wildman–Crippen LogP) is 0.391. The lowest BCUT2D eigenvalue weighted by molar-refractivity contribution is -0.0189. The summed E-state index contributed by atoms with van der Waals surface area (Å²) < 4.78 is 5.67. The molecule has 1 saturated carbocycles. The molecule has 2 saturated heterocycles. The van der Waals surface area contributed by atoms with Crippen molar-refractivity contribution in [3.8, 4) is 0 Å². The van der Waals surface area contributed by atoms with Crippen LogP contribution in [0.3, 0.4) is 0 Å². The highest BCUT2D eigenvalue weighted by atomic mass is 16.5. The van der Waals surface area contributed by atoms with E-state index < -0.39 is 0 Å². The topological polar surface area (TPSA) is 27.7 Å². The fourth-order valence-electron chi connectivity index (χ4n) is 3.36. The molecule has 2 atom stereocenters. The van der Waals surface area contributed by atoms with Crippen LogP contribution in [0.15, 0.2) is 0 Å². The standard InChI is InChI=1S/C14H27N3O/c1-15-13-4-9-18-11-14(13)17-7-5-16(6-8-17)10-12-2-3-12/h12-15H,2-11H2,1H3. The maximum Gasteiger partial charge on any atom is 0.0637 e. The highest BCUT2D eigenvalue weighted by Gasteiger charge is 2.33. The van der Waals surface area contributed by atoms with Crippen molar-refractivity contribution in [1.29, 1.82) is 0 Å². The number of nitrogens with one attached hydrogen (secondary N) is 1. The van der Waals surface area contributed by atoms with E-state index in [1.54, 1.807) is 0 Å². The van der Waals surface area contributed by atoms with Crippen molar-refractivity contribution >= 4 is 0 Å². The van der Waals surface area contributed by atoms with E-state index in [-0.39, 0.29) is 0 Å². The van der Waals surface area contributed by atoms with Crippen molar-refractivity contribution in [2.45, 2.75) is 31.3 Å². The van der Waals surface area contributed by atoms with E-state index >= 15 is 0 Å². The average Bonchev–Trinajstić information content (AvgIpc) is 3.24. The summed E-state index contributed by atoms with van der Waals surface area (Å²) in [7, 11) is 2.09. The van der Waals surface area contributed by atoms with Crippen LogP contribution in [-0.2, 0) is 4.74 Å². The fourth-order valence-corrected chi connectivity index (χ4v) is 3.36. The Hall–Kier alpha value is -0.160. The maximum absolute atomic E-state index is 5.67. The zero-order valence-corrected chi connectivity index (χ0v) is 11.6. The highest BCUT2D eigenvalue weighted by Crippen LogP contribution is 2.30.